The molecule has 5 heterocycles. The second kappa shape index (κ2) is 32.3. The molecule has 0 N–H and O–H groups in total. The summed E-state index contributed by atoms with van der Waals surface area (Å²) < 4.78 is 13.4. The summed E-state index contributed by atoms with van der Waals surface area (Å²) in [5.41, 5.74) is 29.2. The van der Waals surface area contributed by atoms with E-state index in [4.69, 9.17) is 35.9 Å². The first kappa shape index (κ1) is 78.7. The minimum Gasteiger partial charge on any atom is -0.399 e. The highest BCUT2D eigenvalue weighted by molar-refractivity contribution is 8.00. The average Bonchev–Trinajstić information content (AvgIpc) is 1.50. The van der Waals surface area contributed by atoms with Gasteiger partial charge in [-0.1, -0.05) is 375 Å². The molecular formula is C112H76BClN8O2S2. The van der Waals surface area contributed by atoms with Crippen molar-refractivity contribution in [3.05, 3.63) is 449 Å². The molecule has 126 heavy (non-hydrogen) atoms. The lowest BCUT2D eigenvalue weighted by Gasteiger charge is -2.40. The van der Waals surface area contributed by atoms with Crippen LogP contribution in [0, 0.1) is 22.7 Å². The Hall–Kier alpha value is -14.5. The van der Waals surface area contributed by atoms with Crippen LogP contribution in [0.25, 0.3) is 124 Å². The third-order valence-electron chi connectivity index (χ3n) is 25.2. The highest BCUT2D eigenvalue weighted by Gasteiger charge is 2.57. The molecule has 2 spiro atoms. The lowest BCUT2D eigenvalue weighted by molar-refractivity contribution is 0.00578. The van der Waals surface area contributed by atoms with E-state index >= 15 is 0 Å². The fourth-order valence-electron chi connectivity index (χ4n) is 18.6. The fourth-order valence-corrected chi connectivity index (χ4v) is 21.5. The Labute approximate surface area is 746 Å². The molecule has 1 fully saturated rings. The minimum absolute atomic E-state index is 0.202. The summed E-state index contributed by atoms with van der Waals surface area (Å²) >= 11 is 9.71. The molecule has 0 saturated carbocycles. The molecule has 0 radical (unpaired) electrons. The van der Waals surface area contributed by atoms with Gasteiger partial charge in [0.15, 0.2) is 29.1 Å². The number of halogens is 1. The van der Waals surface area contributed by atoms with Gasteiger partial charge in [-0.2, -0.15) is 20.5 Å². The number of hydrogen-bond donors (Lipinski definition) is 0. The number of benzene rings is 16. The van der Waals surface area contributed by atoms with Gasteiger partial charge in [0.05, 0.1) is 45.3 Å². The third-order valence-corrected chi connectivity index (χ3v) is 27.8. The van der Waals surface area contributed by atoms with Crippen molar-refractivity contribution in [1.82, 2.24) is 29.9 Å². The van der Waals surface area contributed by atoms with Crippen LogP contribution in [-0.2, 0) is 20.1 Å². The maximum Gasteiger partial charge on any atom is 0.495 e. The molecule has 18 aromatic rings. The van der Waals surface area contributed by atoms with Crippen LogP contribution in [0.15, 0.2) is 408 Å². The zero-order valence-corrected chi connectivity index (χ0v) is 71.5. The van der Waals surface area contributed by atoms with E-state index in [1.165, 1.54) is 97.5 Å². The molecule has 0 bridgehead atoms. The Morgan fingerprint density at radius 2 is 0.556 bits per heavy atom. The normalized spacial score (nSPS) is 15.7. The predicted molar refractivity (Wildman–Crippen MR) is 508 cm³/mol. The van der Waals surface area contributed by atoms with Gasteiger partial charge in [-0.15, -0.1) is 0 Å². The summed E-state index contributed by atoms with van der Waals surface area (Å²) in [6.45, 7) is 8.48. The molecule has 598 valence electrons. The number of hydrogen-bond acceptors (Lipinski definition) is 12. The molecule has 2 atom stereocenters. The maximum absolute atomic E-state index is 9.31. The summed E-state index contributed by atoms with van der Waals surface area (Å²) in [4.78, 5) is 33.3. The lowest BCUT2D eigenvalue weighted by atomic mass is 9.66. The molecular weight excluding hydrogens is 1600 g/mol. The zero-order chi connectivity index (χ0) is 85.3. The Kier molecular flexibility index (Phi) is 20.2. The van der Waals surface area contributed by atoms with Crippen LogP contribution >= 0.6 is 35.1 Å². The van der Waals surface area contributed by atoms with Crippen molar-refractivity contribution in [2.45, 2.75) is 69.3 Å². The maximum atomic E-state index is 9.31. The van der Waals surface area contributed by atoms with E-state index in [1.807, 2.05) is 169 Å². The van der Waals surface area contributed by atoms with Crippen molar-refractivity contribution in [2.75, 3.05) is 0 Å². The van der Waals surface area contributed by atoms with Gasteiger partial charge in [0, 0.05) is 47.4 Å². The van der Waals surface area contributed by atoms with Gasteiger partial charge >= 0.3 is 7.12 Å². The van der Waals surface area contributed by atoms with Crippen LogP contribution in [0.2, 0.25) is 5.28 Å². The fraction of sp³-hybridized carbons (Fsp3) is 0.0714. The van der Waals surface area contributed by atoms with Gasteiger partial charge < -0.3 is 9.31 Å². The highest BCUT2D eigenvalue weighted by Crippen LogP contribution is 2.66. The quantitative estimate of drug-likeness (QED) is 0.120. The third kappa shape index (κ3) is 13.5. The molecule has 2 aliphatic carbocycles. The Balaban J connectivity index is 0.000000129. The number of fused-ring (bicyclic) bond motifs is 18. The van der Waals surface area contributed by atoms with E-state index in [1.54, 1.807) is 0 Å². The zero-order valence-electron chi connectivity index (χ0n) is 69.1. The van der Waals surface area contributed by atoms with Gasteiger partial charge in [-0.05, 0) is 192 Å². The van der Waals surface area contributed by atoms with Gasteiger partial charge in [0.2, 0.25) is 5.28 Å². The largest absolute Gasteiger partial charge is 0.495 e. The SMILES string of the molecule is CC1(C)OB(c2cccc3c2-c2ccccc2C32c3ccccc3Sc3c(-c4ccc(-c5ccc(C#N)cc5)cc4)cccc32)OC1(C)C.Clc1nc(-c2ccccc2)nc(-c2ccccc2)n1.N#Cc1ccc(-c2ccc(-c3cccc4c3Sc3ccccc3C43c4ccccc4-c4c(-c5nc(-c6ccccc6)nc(-c6ccccc6)n5)cccc43)cc2)cc1. The topological polar surface area (TPSA) is 143 Å². The van der Waals surface area contributed by atoms with E-state index in [-0.39, 0.29) is 5.28 Å². The predicted octanol–water partition coefficient (Wildman–Crippen LogP) is 26.8. The molecule has 10 nitrogen and oxygen atoms in total. The molecule has 2 unspecified atom stereocenters. The van der Waals surface area contributed by atoms with Gasteiger partial charge in [-0.25, -0.2) is 19.9 Å². The highest BCUT2D eigenvalue weighted by atomic mass is 35.5. The molecule has 0 amide bonds. The van der Waals surface area contributed by atoms with Crippen molar-refractivity contribution in [2.24, 2.45) is 0 Å². The van der Waals surface area contributed by atoms with Crippen LogP contribution in [0.4, 0.5) is 0 Å². The van der Waals surface area contributed by atoms with Gasteiger partial charge in [0.25, 0.3) is 0 Å². The summed E-state index contributed by atoms with van der Waals surface area (Å²) in [7, 11) is -0.475. The van der Waals surface area contributed by atoms with Crippen molar-refractivity contribution in [3.8, 4) is 136 Å². The second-order valence-corrected chi connectivity index (χ2v) is 35.2. The summed E-state index contributed by atoms with van der Waals surface area (Å²) in [5.74, 6) is 3.09. The Morgan fingerprint density at radius 3 is 0.960 bits per heavy atom. The number of nitrogens with zero attached hydrogens (tertiary/aromatic N) is 8. The number of aromatic nitrogens is 6. The number of rotatable bonds is 10. The first-order valence-electron chi connectivity index (χ1n) is 42.0. The molecule has 5 aliphatic rings. The molecule has 23 rings (SSSR count). The second-order valence-electron chi connectivity index (χ2n) is 32.8. The number of nitriles is 2. The van der Waals surface area contributed by atoms with Crippen molar-refractivity contribution >= 4 is 47.7 Å². The smallest absolute Gasteiger partial charge is 0.399 e. The summed E-state index contributed by atoms with van der Waals surface area (Å²) in [5, 5.41) is 18.8. The van der Waals surface area contributed by atoms with E-state index < -0.39 is 29.2 Å². The summed E-state index contributed by atoms with van der Waals surface area (Å²) in [6, 6.07) is 140. The minimum atomic E-state index is -0.588. The van der Waals surface area contributed by atoms with Crippen molar-refractivity contribution < 1.29 is 9.31 Å². The Bertz CT molecular complexity index is 7250. The van der Waals surface area contributed by atoms with E-state index in [0.717, 1.165) is 66.7 Å². The van der Waals surface area contributed by atoms with E-state index in [0.29, 0.717) is 40.2 Å². The molecule has 2 aromatic heterocycles. The standard InChI is InChI=1S/C53H32N4S.C44H34BNO2S.C15H10ClN3/c54-33-34-25-27-35(28-26-34)36-29-31-37(32-30-36)40-18-11-23-46-49(40)58-47-24-10-9-21-44(47)53(46)43-20-8-7-17-41(43)48-42(19-12-22-45(48)53)52-56-50(38-13-3-1-4-14-38)55-51(57-52)39-15-5-2-6-16-39;1-42(2)43(3,4)48-45(47-42)38-17-10-15-36-40(38)33-11-5-6-13-34(33)44(36)35-14-7-8-18-39(35)49-41-32(12-9-16-37(41)44)31-25-23-30(24-26-31)29-21-19-28(27-46)20-22-29;16-15-18-13(11-7-3-1-4-8-11)17-14(19-15)12-9-5-2-6-10-12/h1-32H;5-26H,1-4H3;1-10H. The monoisotopic (exact) mass is 1670 g/mol. The van der Waals surface area contributed by atoms with E-state index in [9.17, 15) is 10.5 Å². The Morgan fingerprint density at radius 1 is 0.262 bits per heavy atom. The first-order valence-corrected chi connectivity index (χ1v) is 44.0. The van der Waals surface area contributed by atoms with Gasteiger partial charge in [0.1, 0.15) is 0 Å². The average molecular weight is 1680 g/mol. The van der Waals surface area contributed by atoms with Gasteiger partial charge in [-0.3, -0.25) is 0 Å². The van der Waals surface area contributed by atoms with Crippen LogP contribution in [-0.4, -0.2) is 48.2 Å². The van der Waals surface area contributed by atoms with Crippen molar-refractivity contribution in [1.29, 1.82) is 10.5 Å². The van der Waals surface area contributed by atoms with E-state index in [2.05, 4.69) is 297 Å². The molecule has 3 aliphatic heterocycles. The van der Waals surface area contributed by atoms with Crippen LogP contribution < -0.4 is 5.46 Å². The molecule has 14 heteroatoms. The lowest BCUT2D eigenvalue weighted by Crippen LogP contribution is -2.41. The summed E-state index contributed by atoms with van der Waals surface area (Å²) in [6.07, 6.45) is 0. The van der Waals surface area contributed by atoms with Crippen LogP contribution in [0.5, 0.6) is 0 Å². The van der Waals surface area contributed by atoms with Crippen LogP contribution in [0.1, 0.15) is 83.3 Å². The van der Waals surface area contributed by atoms with Crippen LogP contribution in [0.3, 0.4) is 0 Å². The first-order chi connectivity index (χ1) is 61.8. The van der Waals surface area contributed by atoms with Crippen molar-refractivity contribution in [3.63, 3.8) is 0 Å². The molecule has 16 aromatic carbocycles. The molecule has 1 saturated heterocycles.